The van der Waals surface area contributed by atoms with Crippen molar-refractivity contribution >= 4 is 5.78 Å². The van der Waals surface area contributed by atoms with Gasteiger partial charge in [0.2, 0.25) is 0 Å². The maximum Gasteiger partial charge on any atom is 0.189 e. The Morgan fingerprint density at radius 3 is 2.93 bits per heavy atom. The largest absolute Gasteiger partial charge is 0.346 e. The molecule has 3 heteroatoms. The van der Waals surface area contributed by atoms with Gasteiger partial charge in [0, 0.05) is 6.42 Å². The Labute approximate surface area is 84.1 Å². The van der Waals surface area contributed by atoms with E-state index in [1.54, 1.807) is 12.2 Å². The topological polar surface area (TPSA) is 35.5 Å². The molecule has 0 amide bonds. The van der Waals surface area contributed by atoms with Crippen molar-refractivity contribution in [3.63, 3.8) is 0 Å². The number of carbonyl (C=O) groups is 1. The minimum Gasteiger partial charge on any atom is -0.346 e. The van der Waals surface area contributed by atoms with Crippen LogP contribution in [0.1, 0.15) is 26.7 Å². The van der Waals surface area contributed by atoms with Crippen molar-refractivity contribution in [1.29, 1.82) is 0 Å². The molecule has 1 spiro atoms. The Morgan fingerprint density at radius 1 is 1.57 bits per heavy atom. The molecule has 2 atom stereocenters. The van der Waals surface area contributed by atoms with Crippen LogP contribution in [0.2, 0.25) is 0 Å². The zero-order valence-corrected chi connectivity index (χ0v) is 8.66. The number of carbonyl (C=O) groups excluding carboxylic acids is 1. The van der Waals surface area contributed by atoms with E-state index in [1.807, 2.05) is 13.8 Å². The van der Waals surface area contributed by atoms with Gasteiger partial charge < -0.3 is 9.47 Å². The lowest BCUT2D eigenvalue weighted by atomic mass is 9.98. The molecule has 2 aliphatic rings. The second-order valence-corrected chi connectivity index (χ2v) is 4.28. The fraction of sp³-hybridized carbons (Fsp3) is 0.727. The lowest BCUT2D eigenvalue weighted by Gasteiger charge is -2.34. The maximum atomic E-state index is 11.5. The maximum absolute atomic E-state index is 11.5. The molecule has 2 rings (SSSR count). The van der Waals surface area contributed by atoms with Crippen LogP contribution >= 0.6 is 0 Å². The van der Waals surface area contributed by atoms with Crippen LogP contribution in [0.3, 0.4) is 0 Å². The van der Waals surface area contributed by atoms with Gasteiger partial charge in [0.15, 0.2) is 11.6 Å². The minimum atomic E-state index is -0.594. The summed E-state index contributed by atoms with van der Waals surface area (Å²) in [5.41, 5.74) is 0. The van der Waals surface area contributed by atoms with Crippen LogP contribution in [0.4, 0.5) is 0 Å². The number of rotatable bonds is 1. The van der Waals surface area contributed by atoms with Gasteiger partial charge in [-0.2, -0.15) is 0 Å². The minimum absolute atomic E-state index is 0.0566. The molecule has 1 saturated heterocycles. The van der Waals surface area contributed by atoms with Gasteiger partial charge in [0.1, 0.15) is 6.10 Å². The van der Waals surface area contributed by atoms with Crippen LogP contribution in [-0.2, 0) is 14.3 Å². The zero-order chi connectivity index (χ0) is 10.2. The van der Waals surface area contributed by atoms with E-state index in [0.717, 1.165) is 19.4 Å². The van der Waals surface area contributed by atoms with Crippen molar-refractivity contribution in [3.8, 4) is 0 Å². The summed E-state index contributed by atoms with van der Waals surface area (Å²) in [5, 5.41) is 0. The lowest BCUT2D eigenvalue weighted by Crippen LogP contribution is -2.43. The number of hydrogen-bond acceptors (Lipinski definition) is 3. The van der Waals surface area contributed by atoms with Crippen molar-refractivity contribution in [1.82, 2.24) is 0 Å². The van der Waals surface area contributed by atoms with Gasteiger partial charge in [-0.15, -0.1) is 0 Å². The normalized spacial score (nSPS) is 37.4. The highest BCUT2D eigenvalue weighted by atomic mass is 16.7. The summed E-state index contributed by atoms with van der Waals surface area (Å²) < 4.78 is 11.3. The van der Waals surface area contributed by atoms with Crippen LogP contribution in [0.5, 0.6) is 0 Å². The van der Waals surface area contributed by atoms with E-state index in [-0.39, 0.29) is 17.8 Å². The molecule has 0 aromatic rings. The molecule has 78 valence electrons. The fourth-order valence-corrected chi connectivity index (χ4v) is 1.94. The van der Waals surface area contributed by atoms with Crippen LogP contribution in [-0.4, -0.2) is 24.3 Å². The molecule has 1 fully saturated rings. The molecule has 14 heavy (non-hydrogen) atoms. The smallest absolute Gasteiger partial charge is 0.189 e. The quantitative estimate of drug-likeness (QED) is 0.640. The Kier molecular flexibility index (Phi) is 2.45. The SMILES string of the molecule is CC(C)[C@H]1O[C@]2(C=CC1=O)CCCO2. The first-order valence-corrected chi connectivity index (χ1v) is 5.18. The number of hydrogen-bond donors (Lipinski definition) is 0. The molecule has 0 radical (unpaired) electrons. The molecular weight excluding hydrogens is 180 g/mol. The molecule has 2 aliphatic heterocycles. The van der Waals surface area contributed by atoms with E-state index in [2.05, 4.69) is 0 Å². The predicted molar refractivity (Wildman–Crippen MR) is 51.8 cm³/mol. The van der Waals surface area contributed by atoms with E-state index in [0.29, 0.717) is 0 Å². The van der Waals surface area contributed by atoms with Crippen LogP contribution in [0, 0.1) is 5.92 Å². The van der Waals surface area contributed by atoms with Crippen molar-refractivity contribution in [2.45, 2.75) is 38.6 Å². The third-order valence-electron chi connectivity index (χ3n) is 2.73. The second-order valence-electron chi connectivity index (χ2n) is 4.28. The highest BCUT2D eigenvalue weighted by Crippen LogP contribution is 2.34. The van der Waals surface area contributed by atoms with Gasteiger partial charge in [-0.1, -0.05) is 13.8 Å². The summed E-state index contributed by atoms with van der Waals surface area (Å²) in [6, 6.07) is 0. The first kappa shape index (κ1) is 9.87. The second kappa shape index (κ2) is 3.48. The van der Waals surface area contributed by atoms with Gasteiger partial charge in [-0.3, -0.25) is 4.79 Å². The Bertz CT molecular complexity index is 262. The zero-order valence-electron chi connectivity index (χ0n) is 8.66. The van der Waals surface area contributed by atoms with Crippen molar-refractivity contribution in [2.75, 3.05) is 6.61 Å². The third kappa shape index (κ3) is 1.62. The fourth-order valence-electron chi connectivity index (χ4n) is 1.94. The average Bonchev–Trinajstić information content (AvgIpc) is 2.58. The van der Waals surface area contributed by atoms with Crippen molar-refractivity contribution < 1.29 is 14.3 Å². The molecule has 0 unspecified atom stereocenters. The van der Waals surface area contributed by atoms with Crippen LogP contribution in [0.25, 0.3) is 0 Å². The predicted octanol–water partition coefficient (Wildman–Crippen LogP) is 1.67. The van der Waals surface area contributed by atoms with E-state index in [1.165, 1.54) is 0 Å². The van der Waals surface area contributed by atoms with E-state index < -0.39 is 5.79 Å². The highest BCUT2D eigenvalue weighted by molar-refractivity contribution is 5.94. The van der Waals surface area contributed by atoms with Crippen molar-refractivity contribution in [2.24, 2.45) is 5.92 Å². The van der Waals surface area contributed by atoms with Gasteiger partial charge in [0.05, 0.1) is 6.61 Å². The number of ketones is 1. The summed E-state index contributed by atoms with van der Waals surface area (Å²) >= 11 is 0. The molecular formula is C11H16O3. The van der Waals surface area contributed by atoms with Gasteiger partial charge in [-0.05, 0) is 24.5 Å². The molecule has 0 saturated carbocycles. The molecule has 0 aromatic carbocycles. The van der Waals surface area contributed by atoms with E-state index >= 15 is 0 Å². The Balaban J connectivity index is 2.18. The number of ether oxygens (including phenoxy) is 2. The van der Waals surface area contributed by atoms with Gasteiger partial charge in [-0.25, -0.2) is 0 Å². The summed E-state index contributed by atoms with van der Waals surface area (Å²) in [5.74, 6) is -0.335. The molecule has 0 bridgehead atoms. The Morgan fingerprint density at radius 2 is 2.36 bits per heavy atom. The van der Waals surface area contributed by atoms with Crippen LogP contribution in [0.15, 0.2) is 12.2 Å². The highest BCUT2D eigenvalue weighted by Gasteiger charge is 2.41. The molecule has 0 aliphatic carbocycles. The molecule has 0 aromatic heterocycles. The first-order valence-electron chi connectivity index (χ1n) is 5.18. The van der Waals surface area contributed by atoms with Gasteiger partial charge >= 0.3 is 0 Å². The van der Waals surface area contributed by atoms with Crippen molar-refractivity contribution in [3.05, 3.63) is 12.2 Å². The summed E-state index contributed by atoms with van der Waals surface area (Å²) in [6.07, 6.45) is 4.91. The molecule has 0 N–H and O–H groups in total. The molecule has 3 nitrogen and oxygen atoms in total. The van der Waals surface area contributed by atoms with Gasteiger partial charge in [0.25, 0.3) is 0 Å². The summed E-state index contributed by atoms with van der Waals surface area (Å²) in [6.45, 7) is 4.71. The lowest BCUT2D eigenvalue weighted by molar-refractivity contribution is -0.214. The molecule has 2 heterocycles. The standard InChI is InChI=1S/C11H16O3/c1-8(2)10-9(12)4-6-11(14-10)5-3-7-13-11/h4,6,8,10H,3,5,7H2,1-2H3/t10-,11+/m1/s1. The first-order chi connectivity index (χ1) is 6.63. The average molecular weight is 196 g/mol. The Hall–Kier alpha value is -0.670. The summed E-state index contributed by atoms with van der Waals surface area (Å²) in [4.78, 5) is 11.5. The summed E-state index contributed by atoms with van der Waals surface area (Å²) in [7, 11) is 0. The monoisotopic (exact) mass is 196 g/mol. The third-order valence-corrected chi connectivity index (χ3v) is 2.73. The van der Waals surface area contributed by atoms with E-state index in [4.69, 9.17) is 9.47 Å². The van der Waals surface area contributed by atoms with Crippen LogP contribution < -0.4 is 0 Å². The van der Waals surface area contributed by atoms with E-state index in [9.17, 15) is 4.79 Å².